The van der Waals surface area contributed by atoms with Crippen molar-refractivity contribution < 1.29 is 0 Å². The third-order valence-electron chi connectivity index (χ3n) is 4.71. The Bertz CT molecular complexity index is 405. The van der Waals surface area contributed by atoms with Crippen LogP contribution in [-0.4, -0.2) is 20.8 Å². The maximum Gasteiger partial charge on any atom is 0.138 e. The van der Waals surface area contributed by atoms with Crippen LogP contribution < -0.4 is 5.73 Å². The molecule has 0 amide bonds. The van der Waals surface area contributed by atoms with Crippen LogP contribution in [0.25, 0.3) is 0 Å². The van der Waals surface area contributed by atoms with Crippen LogP contribution in [0, 0.1) is 17.3 Å². The quantitative estimate of drug-likeness (QED) is 0.913. The Morgan fingerprint density at radius 2 is 2.11 bits per heavy atom. The van der Waals surface area contributed by atoms with Gasteiger partial charge in [-0.3, -0.25) is 4.68 Å². The highest BCUT2D eigenvalue weighted by Crippen LogP contribution is 2.40. The van der Waals surface area contributed by atoms with Crippen molar-refractivity contribution in [2.45, 2.75) is 66.0 Å². The van der Waals surface area contributed by atoms with Crippen molar-refractivity contribution in [3.8, 4) is 0 Å². The average molecular weight is 264 g/mol. The van der Waals surface area contributed by atoms with Gasteiger partial charge in [0.2, 0.25) is 0 Å². The van der Waals surface area contributed by atoms with E-state index in [-0.39, 0.29) is 0 Å². The van der Waals surface area contributed by atoms with Crippen molar-refractivity contribution in [1.82, 2.24) is 14.8 Å². The molecule has 0 saturated heterocycles. The van der Waals surface area contributed by atoms with E-state index in [1.54, 1.807) is 6.33 Å². The van der Waals surface area contributed by atoms with E-state index in [0.717, 1.165) is 31.1 Å². The molecule has 0 aliphatic heterocycles. The van der Waals surface area contributed by atoms with Crippen LogP contribution in [0.4, 0.5) is 0 Å². The topological polar surface area (TPSA) is 56.7 Å². The van der Waals surface area contributed by atoms with Crippen molar-refractivity contribution in [2.75, 3.05) is 0 Å². The minimum Gasteiger partial charge on any atom is -0.327 e. The molecule has 0 aromatic carbocycles. The molecule has 1 heterocycles. The Hall–Kier alpha value is -0.900. The van der Waals surface area contributed by atoms with Gasteiger partial charge in [-0.1, -0.05) is 20.8 Å². The highest BCUT2D eigenvalue weighted by atomic mass is 15.3. The summed E-state index contributed by atoms with van der Waals surface area (Å²) in [5, 5.41) is 4.26. The smallest absolute Gasteiger partial charge is 0.138 e. The molecule has 1 aromatic rings. The monoisotopic (exact) mass is 264 g/mol. The first-order chi connectivity index (χ1) is 8.91. The Morgan fingerprint density at radius 1 is 1.37 bits per heavy atom. The van der Waals surface area contributed by atoms with Gasteiger partial charge in [-0.15, -0.1) is 0 Å². The summed E-state index contributed by atoms with van der Waals surface area (Å²) < 4.78 is 1.99. The van der Waals surface area contributed by atoms with E-state index >= 15 is 0 Å². The summed E-state index contributed by atoms with van der Waals surface area (Å²) in [7, 11) is 0. The molecule has 1 aromatic heterocycles. The number of nitrogens with zero attached hydrogens (tertiary/aromatic N) is 3. The normalized spacial score (nSPS) is 28.6. The fourth-order valence-electron chi connectivity index (χ4n) is 3.25. The fourth-order valence-corrected chi connectivity index (χ4v) is 3.25. The van der Waals surface area contributed by atoms with Crippen molar-refractivity contribution in [3.63, 3.8) is 0 Å². The van der Waals surface area contributed by atoms with E-state index in [1.807, 2.05) is 4.68 Å². The summed E-state index contributed by atoms with van der Waals surface area (Å²) in [5.74, 6) is 2.42. The SMILES string of the molecule is CCn1ncnc1CC1CC(C(C)(C)C)CCC1N. The predicted octanol–water partition coefficient (Wildman–Crippen LogP) is 2.63. The summed E-state index contributed by atoms with van der Waals surface area (Å²) in [5.41, 5.74) is 6.72. The fraction of sp³-hybridized carbons (Fsp3) is 0.867. The van der Waals surface area contributed by atoms with Gasteiger partial charge < -0.3 is 5.73 Å². The first-order valence-corrected chi connectivity index (χ1v) is 7.54. The number of rotatable bonds is 3. The molecule has 19 heavy (non-hydrogen) atoms. The standard InChI is InChI=1S/C15H28N4/c1-5-19-14(17-10-18-19)9-11-8-12(15(2,3)4)6-7-13(11)16/h10-13H,5-9,16H2,1-4H3. The molecular weight excluding hydrogens is 236 g/mol. The number of aryl methyl sites for hydroxylation is 1. The molecule has 2 N–H and O–H groups in total. The molecule has 0 bridgehead atoms. The third kappa shape index (κ3) is 3.35. The predicted molar refractivity (Wildman–Crippen MR) is 77.7 cm³/mol. The Kier molecular flexibility index (Phi) is 4.29. The zero-order valence-electron chi connectivity index (χ0n) is 12.8. The maximum absolute atomic E-state index is 6.34. The van der Waals surface area contributed by atoms with Crippen molar-refractivity contribution in [2.24, 2.45) is 23.0 Å². The van der Waals surface area contributed by atoms with Gasteiger partial charge in [-0.25, -0.2) is 4.98 Å². The molecule has 3 unspecified atom stereocenters. The van der Waals surface area contributed by atoms with Crippen molar-refractivity contribution in [1.29, 1.82) is 0 Å². The molecule has 0 spiro atoms. The molecule has 1 aliphatic rings. The van der Waals surface area contributed by atoms with E-state index in [1.165, 1.54) is 12.8 Å². The highest BCUT2D eigenvalue weighted by molar-refractivity contribution is 4.94. The van der Waals surface area contributed by atoms with Crippen LogP contribution in [0.5, 0.6) is 0 Å². The molecule has 4 nitrogen and oxygen atoms in total. The third-order valence-corrected chi connectivity index (χ3v) is 4.71. The molecule has 0 radical (unpaired) electrons. The number of nitrogens with two attached hydrogens (primary N) is 1. The second-order valence-electron chi connectivity index (χ2n) is 7.00. The van der Waals surface area contributed by atoms with E-state index in [2.05, 4.69) is 37.8 Å². The van der Waals surface area contributed by atoms with Crippen LogP contribution >= 0.6 is 0 Å². The van der Waals surface area contributed by atoms with E-state index in [4.69, 9.17) is 5.73 Å². The zero-order chi connectivity index (χ0) is 14.0. The van der Waals surface area contributed by atoms with Gasteiger partial charge in [0.05, 0.1) is 0 Å². The second-order valence-corrected chi connectivity index (χ2v) is 7.00. The average Bonchev–Trinajstić information content (AvgIpc) is 2.77. The van der Waals surface area contributed by atoms with E-state index in [0.29, 0.717) is 17.4 Å². The van der Waals surface area contributed by atoms with Crippen molar-refractivity contribution in [3.05, 3.63) is 12.2 Å². The lowest BCUT2D eigenvalue weighted by Crippen LogP contribution is -2.40. The van der Waals surface area contributed by atoms with Crippen LogP contribution in [0.2, 0.25) is 0 Å². The van der Waals surface area contributed by atoms with E-state index in [9.17, 15) is 0 Å². The number of aromatic nitrogens is 3. The molecule has 3 atom stereocenters. The summed E-state index contributed by atoms with van der Waals surface area (Å²) in [6.07, 6.45) is 6.27. The highest BCUT2D eigenvalue weighted by Gasteiger charge is 2.34. The van der Waals surface area contributed by atoms with Gasteiger partial charge in [0.15, 0.2) is 0 Å². The lowest BCUT2D eigenvalue weighted by molar-refractivity contribution is 0.125. The van der Waals surface area contributed by atoms with Gasteiger partial charge in [-0.2, -0.15) is 5.10 Å². The maximum atomic E-state index is 6.34. The van der Waals surface area contributed by atoms with Crippen molar-refractivity contribution >= 4 is 0 Å². The largest absolute Gasteiger partial charge is 0.327 e. The molecule has 1 aliphatic carbocycles. The Morgan fingerprint density at radius 3 is 2.74 bits per heavy atom. The molecule has 1 fully saturated rings. The molecule has 108 valence electrons. The summed E-state index contributed by atoms with van der Waals surface area (Å²) >= 11 is 0. The minimum absolute atomic E-state index is 0.320. The van der Waals surface area contributed by atoms with E-state index < -0.39 is 0 Å². The number of hydrogen-bond donors (Lipinski definition) is 1. The molecule has 1 saturated carbocycles. The number of hydrogen-bond acceptors (Lipinski definition) is 3. The first kappa shape index (κ1) is 14.5. The van der Waals surface area contributed by atoms with Crippen LogP contribution in [-0.2, 0) is 13.0 Å². The lowest BCUT2D eigenvalue weighted by Gasteiger charge is -2.40. The van der Waals surface area contributed by atoms with Crippen LogP contribution in [0.1, 0.15) is 52.8 Å². The van der Waals surface area contributed by atoms with Gasteiger partial charge in [-0.05, 0) is 43.4 Å². The van der Waals surface area contributed by atoms with Crippen LogP contribution in [0.3, 0.4) is 0 Å². The molecule has 2 rings (SSSR count). The summed E-state index contributed by atoms with van der Waals surface area (Å²) in [6.45, 7) is 10.0. The second kappa shape index (κ2) is 5.61. The lowest BCUT2D eigenvalue weighted by atomic mass is 9.67. The summed E-state index contributed by atoms with van der Waals surface area (Å²) in [6, 6.07) is 0.320. The van der Waals surface area contributed by atoms with Crippen LogP contribution in [0.15, 0.2) is 6.33 Å². The summed E-state index contributed by atoms with van der Waals surface area (Å²) in [4.78, 5) is 4.40. The molecular formula is C15H28N4. The Balaban J connectivity index is 2.06. The minimum atomic E-state index is 0.320. The van der Waals surface area contributed by atoms with Gasteiger partial charge >= 0.3 is 0 Å². The molecule has 4 heteroatoms. The van der Waals surface area contributed by atoms with Gasteiger partial charge in [0, 0.05) is 19.0 Å². The first-order valence-electron chi connectivity index (χ1n) is 7.54. The van der Waals surface area contributed by atoms with Gasteiger partial charge in [0.1, 0.15) is 12.2 Å². The zero-order valence-corrected chi connectivity index (χ0v) is 12.8. The van der Waals surface area contributed by atoms with Gasteiger partial charge in [0.25, 0.3) is 0 Å². The Labute approximate surface area is 116 Å².